The van der Waals surface area contributed by atoms with Crippen molar-refractivity contribution in [1.29, 1.82) is 0 Å². The first-order valence-electron chi connectivity index (χ1n) is 4.15. The minimum absolute atomic E-state index is 0.00308. The summed E-state index contributed by atoms with van der Waals surface area (Å²) in [6, 6.07) is 0. The molecule has 1 fully saturated rings. The van der Waals surface area contributed by atoms with Gasteiger partial charge in [-0.3, -0.25) is 9.89 Å². The van der Waals surface area contributed by atoms with E-state index in [-0.39, 0.29) is 11.4 Å². The number of hydrogen-bond acceptors (Lipinski definition) is 3. The zero-order valence-electron chi connectivity index (χ0n) is 7.45. The minimum Gasteiger partial charge on any atom is -0.335 e. The van der Waals surface area contributed by atoms with Gasteiger partial charge >= 0.3 is 0 Å². The summed E-state index contributed by atoms with van der Waals surface area (Å²) < 4.78 is 0. The Hall–Kier alpha value is -1.36. The van der Waals surface area contributed by atoms with Crippen LogP contribution >= 0.6 is 0 Å². The highest BCUT2D eigenvalue weighted by Crippen LogP contribution is 2.19. The van der Waals surface area contributed by atoms with Crippen molar-refractivity contribution in [3.05, 3.63) is 18.0 Å². The highest BCUT2D eigenvalue weighted by atomic mass is 16.2. The van der Waals surface area contributed by atoms with E-state index < -0.39 is 0 Å². The summed E-state index contributed by atoms with van der Waals surface area (Å²) >= 11 is 0. The number of aromatic nitrogens is 2. The fraction of sp³-hybridized carbons (Fsp3) is 0.500. The van der Waals surface area contributed by atoms with Crippen LogP contribution in [-0.4, -0.2) is 39.6 Å². The standard InChI is InChI=1S/C8H12N4O/c1-8(9)4-12(5-8)7(13)6-2-10-11-3-6/h2-3H,4-5,9H2,1H3,(H,10,11). The number of aromatic amines is 1. The summed E-state index contributed by atoms with van der Waals surface area (Å²) in [5.41, 5.74) is 6.17. The lowest BCUT2D eigenvalue weighted by Crippen LogP contribution is -2.66. The van der Waals surface area contributed by atoms with E-state index in [2.05, 4.69) is 10.2 Å². The highest BCUT2D eigenvalue weighted by molar-refractivity contribution is 5.94. The lowest BCUT2D eigenvalue weighted by atomic mass is 9.93. The number of carbonyl (C=O) groups is 1. The van der Waals surface area contributed by atoms with Gasteiger partial charge in [0.25, 0.3) is 5.91 Å². The van der Waals surface area contributed by atoms with Crippen LogP contribution in [0.15, 0.2) is 12.4 Å². The first kappa shape index (κ1) is 8.25. The maximum Gasteiger partial charge on any atom is 0.257 e. The summed E-state index contributed by atoms with van der Waals surface area (Å²) in [5.74, 6) is -0.00308. The lowest BCUT2D eigenvalue weighted by Gasteiger charge is -2.45. The first-order chi connectivity index (χ1) is 6.08. The van der Waals surface area contributed by atoms with E-state index in [1.54, 1.807) is 11.1 Å². The van der Waals surface area contributed by atoms with Gasteiger partial charge in [0.15, 0.2) is 0 Å². The molecule has 2 rings (SSSR count). The summed E-state index contributed by atoms with van der Waals surface area (Å²) in [6.45, 7) is 3.18. The van der Waals surface area contributed by atoms with Crippen molar-refractivity contribution in [1.82, 2.24) is 15.1 Å². The van der Waals surface area contributed by atoms with Crippen LogP contribution in [0.4, 0.5) is 0 Å². The molecular formula is C8H12N4O. The van der Waals surface area contributed by atoms with Gasteiger partial charge in [0.05, 0.1) is 11.8 Å². The molecular weight excluding hydrogens is 168 g/mol. The van der Waals surface area contributed by atoms with Gasteiger partial charge in [-0.05, 0) is 6.92 Å². The van der Waals surface area contributed by atoms with Crippen molar-refractivity contribution < 1.29 is 4.79 Å². The maximum absolute atomic E-state index is 11.6. The van der Waals surface area contributed by atoms with Crippen LogP contribution in [0.2, 0.25) is 0 Å². The normalized spacial score (nSPS) is 19.7. The van der Waals surface area contributed by atoms with Crippen LogP contribution in [0.25, 0.3) is 0 Å². The Bertz CT molecular complexity index is 309. The molecule has 2 heterocycles. The van der Waals surface area contributed by atoms with Crippen molar-refractivity contribution in [3.8, 4) is 0 Å². The van der Waals surface area contributed by atoms with Gasteiger partial charge in [-0.1, -0.05) is 0 Å². The van der Waals surface area contributed by atoms with E-state index in [9.17, 15) is 4.79 Å². The molecule has 1 aliphatic heterocycles. The molecule has 1 saturated heterocycles. The van der Waals surface area contributed by atoms with Crippen molar-refractivity contribution in [2.45, 2.75) is 12.5 Å². The zero-order valence-corrected chi connectivity index (χ0v) is 7.45. The molecule has 1 aromatic heterocycles. The van der Waals surface area contributed by atoms with E-state index in [4.69, 9.17) is 5.73 Å². The molecule has 0 atom stereocenters. The zero-order chi connectivity index (χ0) is 9.47. The smallest absolute Gasteiger partial charge is 0.257 e. The molecule has 0 spiro atoms. The molecule has 0 radical (unpaired) electrons. The summed E-state index contributed by atoms with van der Waals surface area (Å²) in [5, 5.41) is 6.32. The van der Waals surface area contributed by atoms with Crippen LogP contribution in [0.1, 0.15) is 17.3 Å². The molecule has 5 nitrogen and oxygen atoms in total. The summed E-state index contributed by atoms with van der Waals surface area (Å²) in [6.07, 6.45) is 3.11. The number of nitrogens with zero attached hydrogens (tertiary/aromatic N) is 2. The SMILES string of the molecule is CC1(N)CN(C(=O)c2cn[nH]c2)C1. The average molecular weight is 180 g/mol. The van der Waals surface area contributed by atoms with Crippen LogP contribution in [-0.2, 0) is 0 Å². The number of rotatable bonds is 1. The number of H-pyrrole nitrogens is 1. The number of likely N-dealkylation sites (tertiary alicyclic amines) is 1. The van der Waals surface area contributed by atoms with Gasteiger partial charge in [0.2, 0.25) is 0 Å². The summed E-state index contributed by atoms with van der Waals surface area (Å²) in [7, 11) is 0. The van der Waals surface area contributed by atoms with Gasteiger partial charge in [0, 0.05) is 24.8 Å². The van der Waals surface area contributed by atoms with E-state index in [0.717, 1.165) is 0 Å². The van der Waals surface area contributed by atoms with Gasteiger partial charge in [-0.15, -0.1) is 0 Å². The second-order valence-electron chi connectivity index (χ2n) is 3.80. The van der Waals surface area contributed by atoms with Crippen molar-refractivity contribution >= 4 is 5.91 Å². The van der Waals surface area contributed by atoms with E-state index >= 15 is 0 Å². The van der Waals surface area contributed by atoms with Gasteiger partial charge < -0.3 is 10.6 Å². The quantitative estimate of drug-likeness (QED) is 0.616. The Morgan fingerprint density at radius 2 is 2.46 bits per heavy atom. The molecule has 0 saturated carbocycles. The fourth-order valence-electron chi connectivity index (χ4n) is 1.52. The van der Waals surface area contributed by atoms with Crippen molar-refractivity contribution in [3.63, 3.8) is 0 Å². The lowest BCUT2D eigenvalue weighted by molar-refractivity contribution is 0.0454. The molecule has 3 N–H and O–H groups in total. The molecule has 13 heavy (non-hydrogen) atoms. The Morgan fingerprint density at radius 3 is 2.92 bits per heavy atom. The van der Waals surface area contributed by atoms with E-state index in [1.165, 1.54) is 6.20 Å². The Labute approximate surface area is 75.9 Å². The number of amides is 1. The largest absolute Gasteiger partial charge is 0.335 e. The Kier molecular flexibility index (Phi) is 1.63. The molecule has 0 aliphatic carbocycles. The second-order valence-corrected chi connectivity index (χ2v) is 3.80. The molecule has 0 bridgehead atoms. The van der Waals surface area contributed by atoms with Crippen LogP contribution in [0.5, 0.6) is 0 Å². The Balaban J connectivity index is 2.02. The average Bonchev–Trinajstić information content (AvgIpc) is 2.50. The third-order valence-corrected chi connectivity index (χ3v) is 2.14. The van der Waals surface area contributed by atoms with Gasteiger partial charge in [-0.25, -0.2) is 0 Å². The van der Waals surface area contributed by atoms with E-state index in [0.29, 0.717) is 18.7 Å². The molecule has 5 heteroatoms. The molecule has 1 amide bonds. The number of nitrogens with two attached hydrogens (primary N) is 1. The van der Waals surface area contributed by atoms with Crippen molar-refractivity contribution in [2.75, 3.05) is 13.1 Å². The van der Waals surface area contributed by atoms with E-state index in [1.807, 2.05) is 6.92 Å². The molecule has 0 aromatic carbocycles. The minimum atomic E-state index is -0.209. The molecule has 1 aromatic rings. The number of hydrogen-bond donors (Lipinski definition) is 2. The predicted molar refractivity (Wildman–Crippen MR) is 47.1 cm³/mol. The third kappa shape index (κ3) is 1.42. The molecule has 70 valence electrons. The number of nitrogens with one attached hydrogen (secondary N) is 1. The van der Waals surface area contributed by atoms with Gasteiger partial charge in [0.1, 0.15) is 0 Å². The van der Waals surface area contributed by atoms with Gasteiger partial charge in [-0.2, -0.15) is 5.10 Å². The monoisotopic (exact) mass is 180 g/mol. The first-order valence-corrected chi connectivity index (χ1v) is 4.15. The van der Waals surface area contributed by atoms with Crippen molar-refractivity contribution in [2.24, 2.45) is 5.73 Å². The topological polar surface area (TPSA) is 75.0 Å². The highest BCUT2D eigenvalue weighted by Gasteiger charge is 2.38. The Morgan fingerprint density at radius 1 is 1.77 bits per heavy atom. The van der Waals surface area contributed by atoms with Crippen LogP contribution < -0.4 is 5.73 Å². The fourth-order valence-corrected chi connectivity index (χ4v) is 1.52. The second kappa shape index (κ2) is 2.56. The number of carbonyl (C=O) groups excluding carboxylic acids is 1. The molecule has 1 aliphatic rings. The molecule has 0 unspecified atom stereocenters. The predicted octanol–water partition coefficient (Wildman–Crippen LogP) is -0.417. The maximum atomic E-state index is 11.6. The third-order valence-electron chi connectivity index (χ3n) is 2.14. The van der Waals surface area contributed by atoms with Crippen LogP contribution in [0.3, 0.4) is 0 Å². The van der Waals surface area contributed by atoms with Crippen LogP contribution in [0, 0.1) is 0 Å². The summed E-state index contributed by atoms with van der Waals surface area (Å²) in [4.78, 5) is 13.3.